The number of esters is 1. The highest BCUT2D eigenvalue weighted by molar-refractivity contribution is 5.71. The van der Waals surface area contributed by atoms with Gasteiger partial charge in [-0.2, -0.15) is 0 Å². The standard InChI is InChI=1S/C13H16O4/c1-10-2-4-11(5-3-10)16-9-13(14)17-12-6-7-15-8-12/h2-5,12H,6-9H2,1H3. The quantitative estimate of drug-likeness (QED) is 0.746. The maximum absolute atomic E-state index is 11.4. The average molecular weight is 236 g/mol. The molecule has 1 heterocycles. The Labute approximate surface area is 100 Å². The molecule has 0 bridgehead atoms. The van der Waals surface area contributed by atoms with Crippen molar-refractivity contribution < 1.29 is 19.0 Å². The molecule has 0 saturated carbocycles. The number of carbonyl (C=O) groups excluding carboxylic acids is 1. The molecule has 92 valence electrons. The summed E-state index contributed by atoms with van der Waals surface area (Å²) in [5, 5.41) is 0. The fraction of sp³-hybridized carbons (Fsp3) is 0.462. The van der Waals surface area contributed by atoms with Gasteiger partial charge in [-0.05, 0) is 19.1 Å². The summed E-state index contributed by atoms with van der Waals surface area (Å²) >= 11 is 0. The second-order valence-corrected chi connectivity index (χ2v) is 4.08. The van der Waals surface area contributed by atoms with Crippen LogP contribution in [-0.4, -0.2) is 31.9 Å². The molecule has 0 spiro atoms. The third kappa shape index (κ3) is 3.75. The van der Waals surface area contributed by atoms with Gasteiger partial charge in [0.1, 0.15) is 11.9 Å². The predicted molar refractivity (Wildman–Crippen MR) is 62.0 cm³/mol. The fourth-order valence-corrected chi connectivity index (χ4v) is 1.60. The highest BCUT2D eigenvalue weighted by atomic mass is 16.6. The molecule has 1 saturated heterocycles. The predicted octanol–water partition coefficient (Wildman–Crippen LogP) is 1.71. The molecule has 1 unspecified atom stereocenters. The van der Waals surface area contributed by atoms with E-state index in [1.165, 1.54) is 0 Å². The molecule has 0 N–H and O–H groups in total. The summed E-state index contributed by atoms with van der Waals surface area (Å²) in [4.78, 5) is 11.4. The van der Waals surface area contributed by atoms with E-state index in [2.05, 4.69) is 0 Å². The van der Waals surface area contributed by atoms with Crippen LogP contribution < -0.4 is 4.74 Å². The fourth-order valence-electron chi connectivity index (χ4n) is 1.60. The highest BCUT2D eigenvalue weighted by Gasteiger charge is 2.19. The normalized spacial score (nSPS) is 19.0. The van der Waals surface area contributed by atoms with Gasteiger partial charge in [-0.15, -0.1) is 0 Å². The third-order valence-corrected chi connectivity index (χ3v) is 2.56. The minimum absolute atomic E-state index is 0.0560. The van der Waals surface area contributed by atoms with Crippen LogP contribution in [0.5, 0.6) is 5.75 Å². The van der Waals surface area contributed by atoms with E-state index in [1.54, 1.807) is 0 Å². The number of carbonyl (C=O) groups is 1. The van der Waals surface area contributed by atoms with Gasteiger partial charge >= 0.3 is 5.97 Å². The molecule has 1 aliphatic rings. The Bertz CT molecular complexity index is 366. The van der Waals surface area contributed by atoms with E-state index in [1.807, 2.05) is 31.2 Å². The lowest BCUT2D eigenvalue weighted by molar-refractivity contribution is -0.151. The largest absolute Gasteiger partial charge is 0.482 e. The molecule has 4 nitrogen and oxygen atoms in total. The Morgan fingerprint density at radius 2 is 2.18 bits per heavy atom. The highest BCUT2D eigenvalue weighted by Crippen LogP contribution is 2.12. The maximum atomic E-state index is 11.4. The topological polar surface area (TPSA) is 44.8 Å². The van der Waals surface area contributed by atoms with Gasteiger partial charge in [-0.3, -0.25) is 0 Å². The summed E-state index contributed by atoms with van der Waals surface area (Å²) in [5.41, 5.74) is 1.16. The van der Waals surface area contributed by atoms with Crippen LogP contribution in [0.4, 0.5) is 0 Å². The van der Waals surface area contributed by atoms with Gasteiger partial charge in [-0.25, -0.2) is 4.79 Å². The molecular formula is C13H16O4. The molecule has 0 aliphatic carbocycles. The molecule has 0 aromatic heterocycles. The lowest BCUT2D eigenvalue weighted by Gasteiger charge is -2.10. The first-order valence-corrected chi connectivity index (χ1v) is 5.71. The van der Waals surface area contributed by atoms with Crippen molar-refractivity contribution in [2.45, 2.75) is 19.4 Å². The van der Waals surface area contributed by atoms with Crippen LogP contribution in [0.25, 0.3) is 0 Å². The Balaban J connectivity index is 1.73. The zero-order valence-corrected chi connectivity index (χ0v) is 9.85. The Hall–Kier alpha value is -1.55. The Kier molecular flexibility index (Phi) is 3.98. The molecule has 1 aromatic carbocycles. The SMILES string of the molecule is Cc1ccc(OCC(=O)OC2CCOC2)cc1. The molecule has 4 heteroatoms. The summed E-state index contributed by atoms with van der Waals surface area (Å²) in [7, 11) is 0. The molecule has 2 rings (SSSR count). The zero-order chi connectivity index (χ0) is 12.1. The van der Waals surface area contributed by atoms with Gasteiger partial charge < -0.3 is 14.2 Å². The summed E-state index contributed by atoms with van der Waals surface area (Å²) in [5.74, 6) is 0.330. The number of hydrogen-bond acceptors (Lipinski definition) is 4. The van der Waals surface area contributed by atoms with Gasteiger partial charge in [0.15, 0.2) is 6.61 Å². The van der Waals surface area contributed by atoms with Crippen molar-refractivity contribution in [2.24, 2.45) is 0 Å². The number of rotatable bonds is 4. The van der Waals surface area contributed by atoms with Crippen molar-refractivity contribution in [3.63, 3.8) is 0 Å². The van der Waals surface area contributed by atoms with E-state index in [9.17, 15) is 4.79 Å². The number of hydrogen-bond donors (Lipinski definition) is 0. The third-order valence-electron chi connectivity index (χ3n) is 2.56. The van der Waals surface area contributed by atoms with E-state index in [4.69, 9.17) is 14.2 Å². The van der Waals surface area contributed by atoms with Gasteiger partial charge in [0.05, 0.1) is 13.2 Å². The summed E-state index contributed by atoms with van der Waals surface area (Å²) in [6, 6.07) is 7.54. The number of benzene rings is 1. The monoisotopic (exact) mass is 236 g/mol. The summed E-state index contributed by atoms with van der Waals surface area (Å²) in [6.07, 6.45) is 0.667. The van der Waals surface area contributed by atoms with Crippen molar-refractivity contribution in [1.29, 1.82) is 0 Å². The van der Waals surface area contributed by atoms with Crippen LogP contribution in [0.1, 0.15) is 12.0 Å². The molecular weight excluding hydrogens is 220 g/mol. The number of aryl methyl sites for hydroxylation is 1. The molecule has 1 aromatic rings. The van der Waals surface area contributed by atoms with Crippen LogP contribution >= 0.6 is 0 Å². The van der Waals surface area contributed by atoms with Crippen LogP contribution in [-0.2, 0) is 14.3 Å². The van der Waals surface area contributed by atoms with E-state index < -0.39 is 0 Å². The minimum Gasteiger partial charge on any atom is -0.482 e. The first kappa shape index (κ1) is 11.9. The maximum Gasteiger partial charge on any atom is 0.344 e. The molecule has 0 amide bonds. The molecule has 17 heavy (non-hydrogen) atoms. The summed E-state index contributed by atoms with van der Waals surface area (Å²) in [6.45, 7) is 3.10. The lowest BCUT2D eigenvalue weighted by Crippen LogP contribution is -2.22. The smallest absolute Gasteiger partial charge is 0.344 e. The van der Waals surface area contributed by atoms with E-state index in [0.717, 1.165) is 12.0 Å². The second-order valence-electron chi connectivity index (χ2n) is 4.08. The van der Waals surface area contributed by atoms with Crippen LogP contribution in [0, 0.1) is 6.92 Å². The second kappa shape index (κ2) is 5.68. The lowest BCUT2D eigenvalue weighted by atomic mass is 10.2. The van der Waals surface area contributed by atoms with Crippen molar-refractivity contribution in [1.82, 2.24) is 0 Å². The molecule has 1 fully saturated rings. The Morgan fingerprint density at radius 3 is 2.82 bits per heavy atom. The van der Waals surface area contributed by atoms with Crippen molar-refractivity contribution >= 4 is 5.97 Å². The van der Waals surface area contributed by atoms with E-state index in [-0.39, 0.29) is 18.7 Å². The number of ether oxygens (including phenoxy) is 3. The van der Waals surface area contributed by atoms with E-state index >= 15 is 0 Å². The average Bonchev–Trinajstić information content (AvgIpc) is 2.81. The van der Waals surface area contributed by atoms with Crippen LogP contribution in [0.2, 0.25) is 0 Å². The van der Waals surface area contributed by atoms with Crippen molar-refractivity contribution in [2.75, 3.05) is 19.8 Å². The van der Waals surface area contributed by atoms with Crippen molar-refractivity contribution in [3.8, 4) is 5.75 Å². The first-order chi connectivity index (χ1) is 8.24. The molecule has 0 radical (unpaired) electrons. The molecule has 1 atom stereocenters. The molecule has 1 aliphatic heterocycles. The van der Waals surface area contributed by atoms with Gasteiger partial charge in [0, 0.05) is 6.42 Å². The van der Waals surface area contributed by atoms with Crippen LogP contribution in [0.15, 0.2) is 24.3 Å². The Morgan fingerprint density at radius 1 is 1.41 bits per heavy atom. The minimum atomic E-state index is -0.346. The van der Waals surface area contributed by atoms with Crippen LogP contribution in [0.3, 0.4) is 0 Å². The van der Waals surface area contributed by atoms with E-state index in [0.29, 0.717) is 19.0 Å². The first-order valence-electron chi connectivity index (χ1n) is 5.71. The van der Waals surface area contributed by atoms with Gasteiger partial charge in [-0.1, -0.05) is 17.7 Å². The van der Waals surface area contributed by atoms with Crippen molar-refractivity contribution in [3.05, 3.63) is 29.8 Å². The van der Waals surface area contributed by atoms with Gasteiger partial charge in [0.2, 0.25) is 0 Å². The van der Waals surface area contributed by atoms with Gasteiger partial charge in [0.25, 0.3) is 0 Å². The zero-order valence-electron chi connectivity index (χ0n) is 9.85. The summed E-state index contributed by atoms with van der Waals surface area (Å²) < 4.78 is 15.6.